The van der Waals surface area contributed by atoms with Gasteiger partial charge in [0, 0.05) is 19.9 Å². The van der Waals surface area contributed by atoms with Gasteiger partial charge in [-0.25, -0.2) is 4.57 Å². The predicted molar refractivity (Wildman–Crippen MR) is 167 cm³/mol. The number of esters is 2. The fraction of sp³-hybridized carbons (Fsp3) is 0.828. The number of amides is 3. The van der Waals surface area contributed by atoms with E-state index in [2.05, 4.69) is 22.9 Å². The molecule has 3 amide bonds. The highest BCUT2D eigenvalue weighted by Gasteiger charge is 2.26. The molecule has 15 nitrogen and oxygen atoms in total. The Morgan fingerprint density at radius 2 is 1.24 bits per heavy atom. The molecule has 0 aromatic carbocycles. The standard InChI is InChI=1S/C29H55N4O11P/c1-3-4-5-6-7-8-9-10-11-12-13-14-15-16-29(38)44-25(22-41-24(2)34)23-43-45(39,40)42-18-17-31-27(36)20-33-28(37)21-32-26(35)19-30/h25H,3-23,30H2,1-2H3,(H,31,36)(H,32,35)(H,33,37)(H,39,40). The van der Waals surface area contributed by atoms with E-state index in [0.717, 1.165) is 19.3 Å². The fourth-order valence-electron chi connectivity index (χ4n) is 3.98. The minimum atomic E-state index is -4.60. The topological polar surface area (TPSA) is 222 Å². The van der Waals surface area contributed by atoms with Crippen LogP contribution in [0.15, 0.2) is 0 Å². The molecule has 0 aromatic heterocycles. The molecule has 0 saturated heterocycles. The van der Waals surface area contributed by atoms with Gasteiger partial charge in [-0.1, -0.05) is 84.0 Å². The summed E-state index contributed by atoms with van der Waals surface area (Å²) in [5.74, 6) is -2.90. The largest absolute Gasteiger partial charge is 0.472 e. The number of nitrogens with one attached hydrogen (secondary N) is 3. The van der Waals surface area contributed by atoms with E-state index in [-0.39, 0.29) is 32.7 Å². The molecule has 0 spiro atoms. The molecule has 0 saturated carbocycles. The van der Waals surface area contributed by atoms with E-state index in [4.69, 9.17) is 24.3 Å². The van der Waals surface area contributed by atoms with Crippen molar-refractivity contribution >= 4 is 37.5 Å². The van der Waals surface area contributed by atoms with Crippen LogP contribution in [0.1, 0.15) is 104 Å². The van der Waals surface area contributed by atoms with Crippen LogP contribution >= 0.6 is 7.82 Å². The van der Waals surface area contributed by atoms with E-state index < -0.39 is 63.3 Å². The van der Waals surface area contributed by atoms with Crippen molar-refractivity contribution in [2.24, 2.45) is 5.73 Å². The summed E-state index contributed by atoms with van der Waals surface area (Å²) in [6.07, 6.45) is 14.3. The SMILES string of the molecule is CCCCCCCCCCCCCCCC(=O)OC(COC(C)=O)COP(=O)(O)OCCNC(=O)CNC(=O)CNC(=O)CN. The molecular formula is C29H55N4O11P. The predicted octanol–water partition coefficient (Wildman–Crippen LogP) is 2.38. The molecule has 0 fully saturated rings. The van der Waals surface area contributed by atoms with E-state index in [1.54, 1.807) is 0 Å². The Morgan fingerprint density at radius 3 is 1.78 bits per heavy atom. The average Bonchev–Trinajstić information content (AvgIpc) is 3.00. The van der Waals surface area contributed by atoms with Gasteiger partial charge < -0.3 is 36.1 Å². The van der Waals surface area contributed by atoms with Crippen molar-refractivity contribution in [3.63, 3.8) is 0 Å². The van der Waals surface area contributed by atoms with Crippen molar-refractivity contribution in [2.75, 3.05) is 46.0 Å². The van der Waals surface area contributed by atoms with E-state index in [9.17, 15) is 33.4 Å². The Bertz CT molecular complexity index is 907. The van der Waals surface area contributed by atoms with Gasteiger partial charge in [0.15, 0.2) is 6.10 Å². The Balaban J connectivity index is 4.19. The molecule has 6 N–H and O–H groups in total. The number of nitrogens with two attached hydrogens (primary N) is 1. The first-order valence-corrected chi connectivity index (χ1v) is 17.4. The van der Waals surface area contributed by atoms with E-state index in [1.165, 1.54) is 64.7 Å². The molecule has 2 atom stereocenters. The van der Waals surface area contributed by atoms with Gasteiger partial charge in [0.2, 0.25) is 17.7 Å². The maximum atomic E-state index is 12.3. The van der Waals surface area contributed by atoms with E-state index >= 15 is 0 Å². The minimum Gasteiger partial charge on any atom is -0.462 e. The number of carbonyl (C=O) groups is 5. The van der Waals surface area contributed by atoms with Crippen molar-refractivity contribution in [1.29, 1.82) is 0 Å². The summed E-state index contributed by atoms with van der Waals surface area (Å²) in [6, 6.07) is 0. The lowest BCUT2D eigenvalue weighted by Gasteiger charge is -2.19. The Kier molecular flexibility index (Phi) is 26.1. The first-order valence-electron chi connectivity index (χ1n) is 15.9. The summed E-state index contributed by atoms with van der Waals surface area (Å²) in [7, 11) is -4.60. The maximum Gasteiger partial charge on any atom is 0.472 e. The van der Waals surface area contributed by atoms with Crippen LogP contribution in [-0.4, -0.2) is 86.7 Å². The van der Waals surface area contributed by atoms with Gasteiger partial charge in [-0.15, -0.1) is 0 Å². The number of ether oxygens (including phenoxy) is 2. The van der Waals surface area contributed by atoms with Crippen LogP contribution in [0.4, 0.5) is 0 Å². The molecule has 262 valence electrons. The number of carbonyl (C=O) groups excluding carboxylic acids is 5. The van der Waals surface area contributed by atoms with Gasteiger partial charge in [0.25, 0.3) is 0 Å². The Hall–Kier alpha value is -2.58. The third-order valence-electron chi connectivity index (χ3n) is 6.43. The number of hydrogen-bond acceptors (Lipinski definition) is 11. The van der Waals surface area contributed by atoms with E-state index in [0.29, 0.717) is 6.42 Å². The molecule has 0 radical (unpaired) electrons. The molecule has 0 aliphatic heterocycles. The molecule has 16 heteroatoms. The third kappa shape index (κ3) is 28.6. The third-order valence-corrected chi connectivity index (χ3v) is 7.42. The lowest BCUT2D eigenvalue weighted by molar-refractivity contribution is -0.160. The van der Waals surface area contributed by atoms with Crippen LogP contribution in [-0.2, 0) is 47.1 Å². The van der Waals surface area contributed by atoms with Crippen molar-refractivity contribution < 1.29 is 52.0 Å². The quantitative estimate of drug-likeness (QED) is 0.0441. The molecule has 0 aliphatic carbocycles. The second kappa shape index (κ2) is 27.7. The zero-order valence-corrected chi connectivity index (χ0v) is 27.9. The summed E-state index contributed by atoms with van der Waals surface area (Å²) in [6.45, 7) is 0.862. The number of hydrogen-bond donors (Lipinski definition) is 5. The zero-order chi connectivity index (χ0) is 33.8. The summed E-state index contributed by atoms with van der Waals surface area (Å²) < 4.78 is 32.1. The van der Waals surface area contributed by atoms with Crippen LogP contribution in [0.5, 0.6) is 0 Å². The van der Waals surface area contributed by atoms with Crippen LogP contribution in [0.2, 0.25) is 0 Å². The highest BCUT2D eigenvalue weighted by atomic mass is 31.2. The highest BCUT2D eigenvalue weighted by Crippen LogP contribution is 2.43. The normalized spacial score (nSPS) is 12.9. The number of phosphoric ester groups is 1. The number of rotatable bonds is 29. The van der Waals surface area contributed by atoms with Gasteiger partial charge in [0.05, 0.1) is 32.8 Å². The molecule has 45 heavy (non-hydrogen) atoms. The van der Waals surface area contributed by atoms with Crippen molar-refractivity contribution in [1.82, 2.24) is 16.0 Å². The van der Waals surface area contributed by atoms with Gasteiger partial charge >= 0.3 is 19.8 Å². The first-order chi connectivity index (χ1) is 21.5. The van der Waals surface area contributed by atoms with Gasteiger partial charge in [-0.2, -0.15) is 0 Å². The second-order valence-electron chi connectivity index (χ2n) is 10.6. The van der Waals surface area contributed by atoms with Crippen LogP contribution in [0.3, 0.4) is 0 Å². The summed E-state index contributed by atoms with van der Waals surface area (Å²) in [4.78, 5) is 67.8. The van der Waals surface area contributed by atoms with Crippen LogP contribution < -0.4 is 21.7 Å². The average molecular weight is 667 g/mol. The van der Waals surface area contributed by atoms with Crippen molar-refractivity contribution in [3.05, 3.63) is 0 Å². The summed E-state index contributed by atoms with van der Waals surface area (Å²) >= 11 is 0. The molecule has 0 bridgehead atoms. The van der Waals surface area contributed by atoms with Gasteiger partial charge in [-0.05, 0) is 6.42 Å². The van der Waals surface area contributed by atoms with Crippen molar-refractivity contribution in [2.45, 2.75) is 110 Å². The monoisotopic (exact) mass is 666 g/mol. The van der Waals surface area contributed by atoms with Gasteiger partial charge in [0.1, 0.15) is 6.61 Å². The first kappa shape index (κ1) is 42.4. The molecule has 0 rings (SSSR count). The fourth-order valence-corrected chi connectivity index (χ4v) is 4.73. The number of unbranched alkanes of at least 4 members (excludes halogenated alkanes) is 12. The molecule has 0 aromatic rings. The molecule has 2 unspecified atom stereocenters. The lowest BCUT2D eigenvalue weighted by Crippen LogP contribution is -2.43. The molecular weight excluding hydrogens is 611 g/mol. The Morgan fingerprint density at radius 1 is 0.733 bits per heavy atom. The van der Waals surface area contributed by atoms with Crippen LogP contribution in [0.25, 0.3) is 0 Å². The van der Waals surface area contributed by atoms with Crippen LogP contribution in [0, 0.1) is 0 Å². The minimum absolute atomic E-state index is 0.157. The lowest BCUT2D eigenvalue weighted by atomic mass is 10.0. The van der Waals surface area contributed by atoms with Crippen molar-refractivity contribution in [3.8, 4) is 0 Å². The smallest absolute Gasteiger partial charge is 0.462 e. The molecule has 0 heterocycles. The van der Waals surface area contributed by atoms with Gasteiger partial charge in [-0.3, -0.25) is 33.0 Å². The van der Waals surface area contributed by atoms with E-state index in [1.807, 2.05) is 0 Å². The Labute approximate surface area is 267 Å². The number of phosphoric acid groups is 1. The summed E-state index contributed by atoms with van der Waals surface area (Å²) in [5, 5.41) is 6.87. The maximum absolute atomic E-state index is 12.3. The zero-order valence-electron chi connectivity index (χ0n) is 27.0. The second-order valence-corrected chi connectivity index (χ2v) is 12.1. The summed E-state index contributed by atoms with van der Waals surface area (Å²) in [5.41, 5.74) is 5.10. The highest BCUT2D eigenvalue weighted by molar-refractivity contribution is 7.47. The molecule has 0 aliphatic rings.